The standard InChI is InChI=1S/C14H29N3O2S/c1-14(2)7-5-9-17(12-14)20(18,19)16-8-4-6-13(11-16)10-15-3/h13,15H,4-12H2,1-3H3. The van der Waals surface area contributed by atoms with Crippen molar-refractivity contribution in [1.29, 1.82) is 0 Å². The summed E-state index contributed by atoms with van der Waals surface area (Å²) >= 11 is 0. The Balaban J connectivity index is 2.05. The number of nitrogens with one attached hydrogen (secondary N) is 1. The molecule has 0 aliphatic carbocycles. The molecule has 2 heterocycles. The van der Waals surface area contributed by atoms with Gasteiger partial charge in [-0.3, -0.25) is 0 Å². The molecule has 1 unspecified atom stereocenters. The zero-order valence-corrected chi connectivity index (χ0v) is 13.9. The Morgan fingerprint density at radius 1 is 1.20 bits per heavy atom. The summed E-state index contributed by atoms with van der Waals surface area (Å²) < 4.78 is 29.0. The van der Waals surface area contributed by atoms with Crippen LogP contribution in [0.2, 0.25) is 0 Å². The molecule has 0 amide bonds. The molecule has 0 spiro atoms. The van der Waals surface area contributed by atoms with Gasteiger partial charge in [-0.1, -0.05) is 13.8 Å². The van der Waals surface area contributed by atoms with E-state index in [4.69, 9.17) is 0 Å². The molecular formula is C14H29N3O2S. The summed E-state index contributed by atoms with van der Waals surface area (Å²) in [6.07, 6.45) is 4.18. The van der Waals surface area contributed by atoms with E-state index in [1.165, 1.54) is 0 Å². The zero-order valence-electron chi connectivity index (χ0n) is 13.1. The van der Waals surface area contributed by atoms with Crippen LogP contribution in [0.25, 0.3) is 0 Å². The van der Waals surface area contributed by atoms with Gasteiger partial charge in [0.1, 0.15) is 0 Å². The average Bonchev–Trinajstić information content (AvgIpc) is 2.38. The van der Waals surface area contributed by atoms with Crippen molar-refractivity contribution < 1.29 is 8.42 Å². The van der Waals surface area contributed by atoms with Gasteiger partial charge in [0.05, 0.1) is 0 Å². The summed E-state index contributed by atoms with van der Waals surface area (Å²) in [5.74, 6) is 0.446. The Hall–Kier alpha value is -0.170. The minimum atomic E-state index is -3.27. The van der Waals surface area contributed by atoms with Crippen LogP contribution in [0.3, 0.4) is 0 Å². The molecule has 0 aromatic carbocycles. The van der Waals surface area contributed by atoms with E-state index < -0.39 is 10.2 Å². The molecule has 1 N–H and O–H groups in total. The van der Waals surface area contributed by atoms with Gasteiger partial charge < -0.3 is 5.32 Å². The van der Waals surface area contributed by atoms with E-state index in [0.717, 1.165) is 32.2 Å². The largest absolute Gasteiger partial charge is 0.319 e. The molecular weight excluding hydrogens is 274 g/mol. The highest BCUT2D eigenvalue weighted by atomic mass is 32.2. The lowest BCUT2D eigenvalue weighted by molar-refractivity contribution is 0.169. The molecule has 2 aliphatic heterocycles. The monoisotopic (exact) mass is 303 g/mol. The van der Waals surface area contributed by atoms with E-state index in [1.54, 1.807) is 8.61 Å². The summed E-state index contributed by atoms with van der Waals surface area (Å²) in [4.78, 5) is 0. The maximum absolute atomic E-state index is 12.8. The van der Waals surface area contributed by atoms with Crippen LogP contribution in [0.4, 0.5) is 0 Å². The molecule has 0 aromatic heterocycles. The summed E-state index contributed by atoms with van der Waals surface area (Å²) in [5, 5.41) is 3.17. The predicted octanol–water partition coefficient (Wildman–Crippen LogP) is 1.28. The lowest BCUT2D eigenvalue weighted by atomic mass is 9.85. The SMILES string of the molecule is CNCC1CCCN(S(=O)(=O)N2CCCC(C)(C)C2)C1. The fraction of sp³-hybridized carbons (Fsp3) is 1.00. The number of hydrogen-bond acceptors (Lipinski definition) is 3. The molecule has 2 saturated heterocycles. The third-order valence-electron chi connectivity index (χ3n) is 4.49. The van der Waals surface area contributed by atoms with Crippen LogP contribution < -0.4 is 5.32 Å². The summed E-state index contributed by atoms with van der Waals surface area (Å²) in [6.45, 7) is 7.90. The third kappa shape index (κ3) is 3.72. The Morgan fingerprint density at radius 2 is 1.90 bits per heavy atom. The number of nitrogens with zero attached hydrogens (tertiary/aromatic N) is 2. The van der Waals surface area contributed by atoms with Crippen molar-refractivity contribution in [1.82, 2.24) is 13.9 Å². The van der Waals surface area contributed by atoms with Crippen molar-refractivity contribution in [3.05, 3.63) is 0 Å². The lowest BCUT2D eigenvalue weighted by Crippen LogP contribution is -2.52. The second kappa shape index (κ2) is 6.30. The molecule has 1 atom stereocenters. The number of piperidine rings is 2. The Labute approximate surface area is 123 Å². The van der Waals surface area contributed by atoms with Crippen LogP contribution in [0.15, 0.2) is 0 Å². The highest BCUT2D eigenvalue weighted by Gasteiger charge is 2.38. The van der Waals surface area contributed by atoms with Gasteiger partial charge in [-0.05, 0) is 50.6 Å². The molecule has 118 valence electrons. The van der Waals surface area contributed by atoms with Gasteiger partial charge in [0.15, 0.2) is 0 Å². The van der Waals surface area contributed by atoms with Gasteiger partial charge in [-0.15, -0.1) is 0 Å². The van der Waals surface area contributed by atoms with Crippen molar-refractivity contribution in [2.75, 3.05) is 39.8 Å². The van der Waals surface area contributed by atoms with E-state index >= 15 is 0 Å². The van der Waals surface area contributed by atoms with Crippen LogP contribution in [-0.2, 0) is 10.2 Å². The van der Waals surface area contributed by atoms with Crippen LogP contribution in [-0.4, -0.2) is 56.8 Å². The molecule has 20 heavy (non-hydrogen) atoms. The second-order valence-electron chi connectivity index (χ2n) is 7.03. The molecule has 0 bridgehead atoms. The van der Waals surface area contributed by atoms with Gasteiger partial charge in [0, 0.05) is 26.2 Å². The van der Waals surface area contributed by atoms with Gasteiger partial charge in [-0.2, -0.15) is 17.0 Å². The Kier molecular flexibility index (Phi) is 5.10. The van der Waals surface area contributed by atoms with Crippen LogP contribution in [0.5, 0.6) is 0 Å². The third-order valence-corrected chi connectivity index (χ3v) is 6.44. The predicted molar refractivity (Wildman–Crippen MR) is 81.7 cm³/mol. The van der Waals surface area contributed by atoms with Gasteiger partial charge in [0.2, 0.25) is 0 Å². The fourth-order valence-corrected chi connectivity index (χ4v) is 5.38. The second-order valence-corrected chi connectivity index (χ2v) is 8.96. The molecule has 2 aliphatic rings. The van der Waals surface area contributed by atoms with Crippen LogP contribution >= 0.6 is 0 Å². The Morgan fingerprint density at radius 3 is 2.55 bits per heavy atom. The summed E-state index contributed by atoms with van der Waals surface area (Å²) in [7, 11) is -1.34. The topological polar surface area (TPSA) is 52.7 Å². The van der Waals surface area contributed by atoms with Crippen LogP contribution in [0.1, 0.15) is 39.5 Å². The zero-order chi connectivity index (χ0) is 14.8. The highest BCUT2D eigenvalue weighted by Crippen LogP contribution is 2.31. The minimum absolute atomic E-state index is 0.103. The fourth-order valence-electron chi connectivity index (χ4n) is 3.42. The van der Waals surface area contributed by atoms with E-state index in [1.807, 2.05) is 7.05 Å². The first-order valence-corrected chi connectivity index (χ1v) is 9.15. The summed E-state index contributed by atoms with van der Waals surface area (Å²) in [5.41, 5.74) is 0.103. The maximum atomic E-state index is 12.8. The molecule has 6 heteroatoms. The maximum Gasteiger partial charge on any atom is 0.282 e. The molecule has 5 nitrogen and oxygen atoms in total. The van der Waals surface area contributed by atoms with E-state index in [9.17, 15) is 8.42 Å². The average molecular weight is 303 g/mol. The first-order chi connectivity index (χ1) is 9.35. The quantitative estimate of drug-likeness (QED) is 0.851. The smallest absolute Gasteiger partial charge is 0.282 e. The normalized spacial score (nSPS) is 29.4. The van der Waals surface area contributed by atoms with Crippen molar-refractivity contribution in [3.8, 4) is 0 Å². The van der Waals surface area contributed by atoms with Gasteiger partial charge >= 0.3 is 0 Å². The molecule has 0 aromatic rings. The number of rotatable bonds is 4. The molecule has 2 rings (SSSR count). The lowest BCUT2D eigenvalue weighted by Gasteiger charge is -2.41. The first kappa shape index (κ1) is 16.2. The van der Waals surface area contributed by atoms with E-state index in [0.29, 0.717) is 32.1 Å². The van der Waals surface area contributed by atoms with Crippen molar-refractivity contribution >= 4 is 10.2 Å². The van der Waals surface area contributed by atoms with E-state index in [-0.39, 0.29) is 5.41 Å². The van der Waals surface area contributed by atoms with Crippen LogP contribution in [0, 0.1) is 11.3 Å². The van der Waals surface area contributed by atoms with Crippen molar-refractivity contribution in [2.24, 2.45) is 11.3 Å². The van der Waals surface area contributed by atoms with Crippen molar-refractivity contribution in [2.45, 2.75) is 39.5 Å². The first-order valence-electron chi connectivity index (χ1n) is 7.75. The van der Waals surface area contributed by atoms with E-state index in [2.05, 4.69) is 19.2 Å². The minimum Gasteiger partial charge on any atom is -0.319 e. The summed E-state index contributed by atoms with van der Waals surface area (Å²) in [6, 6.07) is 0. The molecule has 0 saturated carbocycles. The Bertz CT molecular complexity index is 420. The molecule has 0 radical (unpaired) electrons. The van der Waals surface area contributed by atoms with Crippen molar-refractivity contribution in [3.63, 3.8) is 0 Å². The highest BCUT2D eigenvalue weighted by molar-refractivity contribution is 7.86. The van der Waals surface area contributed by atoms with Gasteiger partial charge in [0.25, 0.3) is 10.2 Å². The number of hydrogen-bond donors (Lipinski definition) is 1. The molecule has 2 fully saturated rings. The van der Waals surface area contributed by atoms with Gasteiger partial charge in [-0.25, -0.2) is 0 Å².